The standard InChI is InChI=1S/C13H9BrClNO3/c1-16-13(18)10-6-9(14)12(19-10)11(17)7-3-2-4-8(15)5-7/h2-6H,1H3,(H,16,18). The highest BCUT2D eigenvalue weighted by molar-refractivity contribution is 9.10. The van der Waals surface area contributed by atoms with E-state index in [9.17, 15) is 9.59 Å². The van der Waals surface area contributed by atoms with Gasteiger partial charge in [-0.3, -0.25) is 9.59 Å². The molecule has 0 aliphatic rings. The van der Waals surface area contributed by atoms with Crippen LogP contribution in [0.1, 0.15) is 26.7 Å². The summed E-state index contributed by atoms with van der Waals surface area (Å²) in [5.74, 6) is -0.601. The van der Waals surface area contributed by atoms with Crippen LogP contribution in [0.15, 0.2) is 39.2 Å². The van der Waals surface area contributed by atoms with Gasteiger partial charge in [0.05, 0.1) is 4.47 Å². The molecule has 2 rings (SSSR count). The Labute approximate surface area is 122 Å². The van der Waals surface area contributed by atoms with Gasteiger partial charge >= 0.3 is 0 Å². The summed E-state index contributed by atoms with van der Waals surface area (Å²) in [6.45, 7) is 0. The van der Waals surface area contributed by atoms with E-state index in [4.69, 9.17) is 16.0 Å². The minimum absolute atomic E-state index is 0.0692. The number of nitrogens with one attached hydrogen (secondary N) is 1. The molecule has 0 saturated carbocycles. The molecule has 4 nitrogen and oxygen atoms in total. The van der Waals surface area contributed by atoms with Crippen LogP contribution in [-0.2, 0) is 0 Å². The van der Waals surface area contributed by atoms with E-state index in [0.29, 0.717) is 15.1 Å². The fourth-order valence-corrected chi connectivity index (χ4v) is 2.18. The first kappa shape index (κ1) is 13.8. The number of hydrogen-bond donors (Lipinski definition) is 1. The first-order valence-corrected chi connectivity index (χ1v) is 6.51. The molecule has 1 aromatic carbocycles. The largest absolute Gasteiger partial charge is 0.446 e. The fraction of sp³-hybridized carbons (Fsp3) is 0.0769. The van der Waals surface area contributed by atoms with Gasteiger partial charge < -0.3 is 9.73 Å². The van der Waals surface area contributed by atoms with Crippen molar-refractivity contribution in [1.82, 2.24) is 5.32 Å². The summed E-state index contributed by atoms with van der Waals surface area (Å²) in [7, 11) is 1.48. The van der Waals surface area contributed by atoms with Crippen LogP contribution < -0.4 is 5.32 Å². The minimum Gasteiger partial charge on any atom is -0.446 e. The number of carbonyl (C=O) groups is 2. The third kappa shape index (κ3) is 2.88. The summed E-state index contributed by atoms with van der Waals surface area (Å²) >= 11 is 9.04. The maximum Gasteiger partial charge on any atom is 0.286 e. The van der Waals surface area contributed by atoms with Gasteiger partial charge in [0.2, 0.25) is 5.78 Å². The number of rotatable bonds is 3. The molecule has 0 atom stereocenters. The highest BCUT2D eigenvalue weighted by atomic mass is 79.9. The quantitative estimate of drug-likeness (QED) is 0.871. The highest BCUT2D eigenvalue weighted by Gasteiger charge is 2.21. The first-order chi connectivity index (χ1) is 9.02. The predicted molar refractivity (Wildman–Crippen MR) is 74.7 cm³/mol. The second-order valence-electron chi connectivity index (χ2n) is 3.71. The van der Waals surface area contributed by atoms with Crippen LogP contribution in [0.3, 0.4) is 0 Å². The lowest BCUT2D eigenvalue weighted by Gasteiger charge is -1.99. The lowest BCUT2D eigenvalue weighted by atomic mass is 10.1. The SMILES string of the molecule is CNC(=O)c1cc(Br)c(C(=O)c2cccc(Cl)c2)o1. The molecule has 2 aromatic rings. The number of benzene rings is 1. The molecule has 0 aliphatic carbocycles. The lowest BCUT2D eigenvalue weighted by molar-refractivity contribution is 0.0928. The number of halogens is 2. The van der Waals surface area contributed by atoms with Crippen molar-refractivity contribution in [1.29, 1.82) is 0 Å². The number of amides is 1. The number of furan rings is 1. The number of carbonyl (C=O) groups excluding carboxylic acids is 2. The zero-order valence-corrected chi connectivity index (χ0v) is 12.2. The van der Waals surface area contributed by atoms with Crippen LogP contribution in [-0.4, -0.2) is 18.7 Å². The molecule has 0 unspecified atom stereocenters. The summed E-state index contributed by atoms with van der Waals surface area (Å²) < 4.78 is 5.70. The van der Waals surface area contributed by atoms with Crippen molar-refractivity contribution in [3.8, 4) is 0 Å². The maximum atomic E-state index is 12.2. The molecule has 0 spiro atoms. The molecule has 19 heavy (non-hydrogen) atoms. The van der Waals surface area contributed by atoms with Gasteiger partial charge in [-0.25, -0.2) is 0 Å². The van der Waals surface area contributed by atoms with Crippen molar-refractivity contribution in [2.24, 2.45) is 0 Å². The molecule has 1 N–H and O–H groups in total. The van der Waals surface area contributed by atoms with E-state index in [0.717, 1.165) is 0 Å². The second kappa shape index (κ2) is 5.59. The third-order valence-corrected chi connectivity index (χ3v) is 3.25. The number of ketones is 1. The Balaban J connectivity index is 2.39. The predicted octanol–water partition coefficient (Wildman–Crippen LogP) is 3.29. The average Bonchev–Trinajstić information content (AvgIpc) is 2.79. The molecule has 0 bridgehead atoms. The molecule has 0 fully saturated rings. The molecule has 1 aromatic heterocycles. The van der Waals surface area contributed by atoms with Gasteiger partial charge in [0.1, 0.15) is 0 Å². The summed E-state index contributed by atoms with van der Waals surface area (Å²) in [4.78, 5) is 23.7. The molecular formula is C13H9BrClNO3. The van der Waals surface area contributed by atoms with Crippen molar-refractivity contribution in [3.05, 3.63) is 56.9 Å². The van der Waals surface area contributed by atoms with E-state index in [1.165, 1.54) is 13.1 Å². The van der Waals surface area contributed by atoms with Crippen LogP contribution in [0.5, 0.6) is 0 Å². The zero-order chi connectivity index (χ0) is 14.0. The first-order valence-electron chi connectivity index (χ1n) is 5.34. The Morgan fingerprint density at radius 2 is 2.05 bits per heavy atom. The Kier molecular flexibility index (Phi) is 4.07. The normalized spacial score (nSPS) is 10.3. The van der Waals surface area contributed by atoms with Crippen molar-refractivity contribution in [2.75, 3.05) is 7.05 Å². The smallest absolute Gasteiger partial charge is 0.286 e. The Hall–Kier alpha value is -1.59. The Morgan fingerprint density at radius 3 is 2.68 bits per heavy atom. The molecule has 1 heterocycles. The van der Waals surface area contributed by atoms with Crippen molar-refractivity contribution in [2.45, 2.75) is 0 Å². The van der Waals surface area contributed by atoms with Crippen molar-refractivity contribution < 1.29 is 14.0 Å². The van der Waals surface area contributed by atoms with E-state index in [1.807, 2.05) is 0 Å². The lowest BCUT2D eigenvalue weighted by Crippen LogP contribution is -2.16. The summed E-state index contributed by atoms with van der Waals surface area (Å²) in [6, 6.07) is 7.97. The van der Waals surface area contributed by atoms with E-state index in [1.54, 1.807) is 24.3 Å². The van der Waals surface area contributed by atoms with Crippen molar-refractivity contribution >= 4 is 39.2 Å². The molecule has 0 aliphatic heterocycles. The molecule has 6 heteroatoms. The van der Waals surface area contributed by atoms with Gasteiger partial charge in [-0.1, -0.05) is 23.7 Å². The van der Waals surface area contributed by atoms with Crippen LogP contribution >= 0.6 is 27.5 Å². The minimum atomic E-state index is -0.397. The fourth-order valence-electron chi connectivity index (χ4n) is 1.52. The van der Waals surface area contributed by atoms with E-state index in [-0.39, 0.29) is 17.3 Å². The van der Waals surface area contributed by atoms with Crippen LogP contribution in [0.4, 0.5) is 0 Å². The van der Waals surface area contributed by atoms with Crippen molar-refractivity contribution in [3.63, 3.8) is 0 Å². The summed E-state index contributed by atoms with van der Waals surface area (Å²) in [5.41, 5.74) is 0.394. The molecular weight excluding hydrogens is 334 g/mol. The Bertz CT molecular complexity index is 651. The van der Waals surface area contributed by atoms with Crippen LogP contribution in [0.2, 0.25) is 5.02 Å². The van der Waals surface area contributed by atoms with Gasteiger partial charge in [0.15, 0.2) is 11.5 Å². The zero-order valence-electron chi connectivity index (χ0n) is 9.87. The molecule has 0 saturated heterocycles. The topological polar surface area (TPSA) is 59.3 Å². The molecule has 0 radical (unpaired) electrons. The number of hydrogen-bond acceptors (Lipinski definition) is 3. The molecule has 1 amide bonds. The van der Waals surface area contributed by atoms with Gasteiger partial charge in [0.25, 0.3) is 5.91 Å². The maximum absolute atomic E-state index is 12.2. The van der Waals surface area contributed by atoms with Crippen LogP contribution in [0.25, 0.3) is 0 Å². The third-order valence-electron chi connectivity index (χ3n) is 2.43. The van der Waals surface area contributed by atoms with Gasteiger partial charge in [0, 0.05) is 23.7 Å². The summed E-state index contributed by atoms with van der Waals surface area (Å²) in [5, 5.41) is 2.88. The van der Waals surface area contributed by atoms with Gasteiger partial charge in [-0.2, -0.15) is 0 Å². The monoisotopic (exact) mass is 341 g/mol. The summed E-state index contributed by atoms with van der Waals surface area (Å²) in [6.07, 6.45) is 0. The van der Waals surface area contributed by atoms with E-state index in [2.05, 4.69) is 21.2 Å². The van der Waals surface area contributed by atoms with Gasteiger partial charge in [-0.15, -0.1) is 0 Å². The van der Waals surface area contributed by atoms with E-state index >= 15 is 0 Å². The van der Waals surface area contributed by atoms with Crippen LogP contribution in [0, 0.1) is 0 Å². The molecule has 98 valence electrons. The van der Waals surface area contributed by atoms with E-state index < -0.39 is 5.91 Å². The second-order valence-corrected chi connectivity index (χ2v) is 5.00. The highest BCUT2D eigenvalue weighted by Crippen LogP contribution is 2.25. The van der Waals surface area contributed by atoms with Gasteiger partial charge in [-0.05, 0) is 28.1 Å². The average molecular weight is 343 g/mol. The Morgan fingerprint density at radius 1 is 1.32 bits per heavy atom.